The van der Waals surface area contributed by atoms with Crippen molar-refractivity contribution >= 4 is 6.09 Å². The van der Waals surface area contributed by atoms with Crippen LogP contribution >= 0.6 is 0 Å². The van der Waals surface area contributed by atoms with Crippen LogP contribution in [0.15, 0.2) is 0 Å². The lowest BCUT2D eigenvalue weighted by atomic mass is 9.85. The van der Waals surface area contributed by atoms with Crippen molar-refractivity contribution in [1.82, 2.24) is 10.2 Å². The molecule has 1 amide bonds. The van der Waals surface area contributed by atoms with E-state index in [0.717, 1.165) is 39.1 Å². The first-order valence-corrected chi connectivity index (χ1v) is 6.75. The summed E-state index contributed by atoms with van der Waals surface area (Å²) in [5.74, 6) is 0. The maximum absolute atomic E-state index is 11.6. The highest BCUT2D eigenvalue weighted by atomic mass is 16.6. The van der Waals surface area contributed by atoms with Gasteiger partial charge in [-0.25, -0.2) is 4.79 Å². The molecule has 0 atom stereocenters. The Morgan fingerprint density at radius 3 is 2.44 bits per heavy atom. The Balaban J connectivity index is 1.65. The van der Waals surface area contributed by atoms with E-state index in [-0.39, 0.29) is 12.1 Å². The van der Waals surface area contributed by atoms with Crippen molar-refractivity contribution in [2.24, 2.45) is 0 Å². The summed E-state index contributed by atoms with van der Waals surface area (Å²) < 4.78 is 10.6. The smallest absolute Gasteiger partial charge is 0.407 e. The molecule has 0 aromatic carbocycles. The molecule has 2 rings (SSSR count). The van der Waals surface area contributed by atoms with E-state index >= 15 is 0 Å². The minimum atomic E-state index is -0.419. The maximum atomic E-state index is 11.6. The van der Waals surface area contributed by atoms with Crippen LogP contribution in [0, 0.1) is 0 Å². The fourth-order valence-electron chi connectivity index (χ4n) is 2.42. The van der Waals surface area contributed by atoms with Gasteiger partial charge in [-0.15, -0.1) is 0 Å². The first kappa shape index (κ1) is 13.6. The molecule has 1 aliphatic heterocycles. The second-order valence-electron chi connectivity index (χ2n) is 6.12. The predicted molar refractivity (Wildman–Crippen MR) is 68.6 cm³/mol. The van der Waals surface area contributed by atoms with Gasteiger partial charge in [0.25, 0.3) is 0 Å². The van der Waals surface area contributed by atoms with Crippen LogP contribution in [-0.4, -0.2) is 55.0 Å². The van der Waals surface area contributed by atoms with Crippen molar-refractivity contribution in [3.63, 3.8) is 0 Å². The molecule has 0 unspecified atom stereocenters. The summed E-state index contributed by atoms with van der Waals surface area (Å²) in [4.78, 5) is 14.0. The van der Waals surface area contributed by atoms with Gasteiger partial charge in [0.2, 0.25) is 0 Å². The molecule has 5 heteroatoms. The Morgan fingerprint density at radius 1 is 1.28 bits per heavy atom. The number of carbonyl (C=O) groups is 1. The molecule has 5 nitrogen and oxygen atoms in total. The Hall–Kier alpha value is -0.810. The Labute approximate surface area is 109 Å². The largest absolute Gasteiger partial charge is 0.444 e. The number of nitrogens with zero attached hydrogens (tertiary/aromatic N) is 1. The van der Waals surface area contributed by atoms with Crippen molar-refractivity contribution in [3.8, 4) is 0 Å². The van der Waals surface area contributed by atoms with Gasteiger partial charge in [0.1, 0.15) is 5.60 Å². The Morgan fingerprint density at radius 2 is 1.89 bits per heavy atom. The zero-order chi connectivity index (χ0) is 13.2. The molecule has 0 radical (unpaired) electrons. The fourth-order valence-corrected chi connectivity index (χ4v) is 2.42. The normalized spacial score (nSPS) is 29.5. The summed E-state index contributed by atoms with van der Waals surface area (Å²) in [5, 5.41) is 2.92. The van der Waals surface area contributed by atoms with E-state index < -0.39 is 5.60 Å². The summed E-state index contributed by atoms with van der Waals surface area (Å²) in [6.07, 6.45) is 1.76. The van der Waals surface area contributed by atoms with Crippen LogP contribution in [0.4, 0.5) is 4.79 Å². The first-order valence-electron chi connectivity index (χ1n) is 6.75. The number of hydrogen-bond acceptors (Lipinski definition) is 4. The third-order valence-electron chi connectivity index (χ3n) is 3.40. The highest BCUT2D eigenvalue weighted by Gasteiger charge is 2.35. The first-order chi connectivity index (χ1) is 8.44. The van der Waals surface area contributed by atoms with E-state index in [4.69, 9.17) is 9.47 Å². The van der Waals surface area contributed by atoms with Gasteiger partial charge in [0, 0.05) is 25.2 Å². The lowest BCUT2D eigenvalue weighted by Gasteiger charge is -2.44. The summed E-state index contributed by atoms with van der Waals surface area (Å²) in [7, 11) is 0. The zero-order valence-electron chi connectivity index (χ0n) is 11.6. The lowest BCUT2D eigenvalue weighted by Crippen LogP contribution is -2.56. The monoisotopic (exact) mass is 256 g/mol. The van der Waals surface area contributed by atoms with Gasteiger partial charge in [-0.3, -0.25) is 4.90 Å². The number of ether oxygens (including phenoxy) is 2. The van der Waals surface area contributed by atoms with E-state index in [1.165, 1.54) is 0 Å². The minimum absolute atomic E-state index is 0.271. The zero-order valence-corrected chi connectivity index (χ0v) is 11.6. The van der Waals surface area contributed by atoms with E-state index in [1.54, 1.807) is 0 Å². The van der Waals surface area contributed by atoms with Gasteiger partial charge in [-0.1, -0.05) is 0 Å². The molecular weight excluding hydrogens is 232 g/mol. The molecule has 1 N–H and O–H groups in total. The summed E-state index contributed by atoms with van der Waals surface area (Å²) in [5.41, 5.74) is -0.419. The molecular formula is C13H24N2O3. The van der Waals surface area contributed by atoms with Crippen LogP contribution in [0.1, 0.15) is 33.6 Å². The average Bonchev–Trinajstić information content (AvgIpc) is 2.21. The van der Waals surface area contributed by atoms with E-state index in [9.17, 15) is 4.79 Å². The number of carbonyl (C=O) groups excluding carboxylic acids is 1. The number of nitrogens with one attached hydrogen (secondary N) is 1. The second kappa shape index (κ2) is 5.45. The van der Waals surface area contributed by atoms with Gasteiger partial charge in [0.15, 0.2) is 0 Å². The van der Waals surface area contributed by atoms with Gasteiger partial charge < -0.3 is 14.8 Å². The topological polar surface area (TPSA) is 50.8 Å². The SMILES string of the molecule is CC(C)(C)OC(=O)N[C@H]1C[C@@H](N2CCOCC2)C1. The average molecular weight is 256 g/mol. The fraction of sp³-hybridized carbons (Fsp3) is 0.923. The molecule has 2 aliphatic rings. The third-order valence-corrected chi connectivity index (χ3v) is 3.40. The Bertz CT molecular complexity index is 289. The standard InChI is InChI=1S/C13H24N2O3/c1-13(2,3)18-12(16)14-10-8-11(9-10)15-4-6-17-7-5-15/h10-11H,4-9H2,1-3H3,(H,14,16)/t10-,11+. The van der Waals surface area contributed by atoms with Crippen molar-refractivity contribution in [1.29, 1.82) is 0 Å². The van der Waals surface area contributed by atoms with E-state index in [2.05, 4.69) is 10.2 Å². The van der Waals surface area contributed by atoms with Gasteiger partial charge >= 0.3 is 6.09 Å². The van der Waals surface area contributed by atoms with E-state index in [1.807, 2.05) is 20.8 Å². The minimum Gasteiger partial charge on any atom is -0.444 e. The summed E-state index contributed by atoms with van der Waals surface area (Å²) in [6, 6.07) is 0.876. The summed E-state index contributed by atoms with van der Waals surface area (Å²) >= 11 is 0. The molecule has 0 aromatic rings. The van der Waals surface area contributed by atoms with Crippen molar-refractivity contribution < 1.29 is 14.3 Å². The molecule has 1 saturated carbocycles. The number of amides is 1. The molecule has 1 aliphatic carbocycles. The lowest BCUT2D eigenvalue weighted by molar-refractivity contribution is -0.0123. The highest BCUT2D eigenvalue weighted by molar-refractivity contribution is 5.68. The highest BCUT2D eigenvalue weighted by Crippen LogP contribution is 2.26. The van der Waals surface area contributed by atoms with Gasteiger partial charge in [-0.05, 0) is 33.6 Å². The van der Waals surface area contributed by atoms with Crippen LogP contribution in [0.5, 0.6) is 0 Å². The summed E-state index contributed by atoms with van der Waals surface area (Å²) in [6.45, 7) is 9.34. The molecule has 104 valence electrons. The van der Waals surface area contributed by atoms with Gasteiger partial charge in [0.05, 0.1) is 13.2 Å². The van der Waals surface area contributed by atoms with Crippen LogP contribution in [0.3, 0.4) is 0 Å². The number of rotatable bonds is 2. The van der Waals surface area contributed by atoms with Crippen LogP contribution in [0.25, 0.3) is 0 Å². The molecule has 1 saturated heterocycles. The molecule has 0 aromatic heterocycles. The number of alkyl carbamates (subject to hydrolysis) is 1. The van der Waals surface area contributed by atoms with Crippen LogP contribution < -0.4 is 5.32 Å². The van der Waals surface area contributed by atoms with Crippen molar-refractivity contribution in [2.45, 2.75) is 51.3 Å². The van der Waals surface area contributed by atoms with Crippen molar-refractivity contribution in [2.75, 3.05) is 26.3 Å². The molecule has 0 bridgehead atoms. The number of hydrogen-bond donors (Lipinski definition) is 1. The van der Waals surface area contributed by atoms with Crippen LogP contribution in [-0.2, 0) is 9.47 Å². The molecule has 0 spiro atoms. The van der Waals surface area contributed by atoms with E-state index in [0.29, 0.717) is 6.04 Å². The molecule has 18 heavy (non-hydrogen) atoms. The third kappa shape index (κ3) is 3.85. The Kier molecular flexibility index (Phi) is 4.12. The maximum Gasteiger partial charge on any atom is 0.407 e. The van der Waals surface area contributed by atoms with Crippen LogP contribution in [0.2, 0.25) is 0 Å². The number of morpholine rings is 1. The van der Waals surface area contributed by atoms with Gasteiger partial charge in [-0.2, -0.15) is 0 Å². The van der Waals surface area contributed by atoms with Crippen molar-refractivity contribution in [3.05, 3.63) is 0 Å². The molecule has 1 heterocycles. The quantitative estimate of drug-likeness (QED) is 0.811. The predicted octanol–water partition coefficient (Wildman–Crippen LogP) is 1.37. The molecule has 2 fully saturated rings. The second-order valence-corrected chi connectivity index (χ2v) is 6.12.